The van der Waals surface area contributed by atoms with E-state index < -0.39 is 27.2 Å². The maximum Gasteiger partial charge on any atom is 0.315 e. The van der Waals surface area contributed by atoms with Crippen LogP contribution in [0.5, 0.6) is 0 Å². The Morgan fingerprint density at radius 3 is 2.48 bits per heavy atom. The van der Waals surface area contributed by atoms with Gasteiger partial charge in [0.1, 0.15) is 13.7 Å². The summed E-state index contributed by atoms with van der Waals surface area (Å²) in [5, 5.41) is 11.3. The van der Waals surface area contributed by atoms with E-state index in [-0.39, 0.29) is 16.8 Å². The molecular formula is C24H40O4SSi2. The van der Waals surface area contributed by atoms with Crippen LogP contribution in [-0.2, 0) is 14.0 Å². The summed E-state index contributed by atoms with van der Waals surface area (Å²) in [6.07, 6.45) is 3.95. The van der Waals surface area contributed by atoms with E-state index in [0.29, 0.717) is 25.0 Å². The lowest BCUT2D eigenvalue weighted by Gasteiger charge is -2.35. The summed E-state index contributed by atoms with van der Waals surface area (Å²) in [6, 6.07) is 0. The Kier molecular flexibility index (Phi) is 10.2. The van der Waals surface area contributed by atoms with Crippen molar-refractivity contribution in [2.75, 3.05) is 19.5 Å². The Labute approximate surface area is 196 Å². The highest BCUT2D eigenvalue weighted by Crippen LogP contribution is 2.39. The molecule has 0 radical (unpaired) electrons. The topological polar surface area (TPSA) is 55.8 Å². The van der Waals surface area contributed by atoms with Crippen LogP contribution >= 0.6 is 11.8 Å². The number of hydrogen-bond acceptors (Lipinski definition) is 5. The van der Waals surface area contributed by atoms with Crippen molar-refractivity contribution >= 4 is 34.1 Å². The zero-order valence-electron chi connectivity index (χ0n) is 20.8. The molecule has 0 unspecified atom stereocenters. The summed E-state index contributed by atoms with van der Waals surface area (Å²) in [6.45, 7) is 18.2. The van der Waals surface area contributed by atoms with Crippen LogP contribution in [0.3, 0.4) is 0 Å². The molecule has 1 aliphatic rings. The predicted molar refractivity (Wildman–Crippen MR) is 137 cm³/mol. The number of hydrogen-bond donors (Lipinski definition) is 1. The molecule has 1 aliphatic carbocycles. The molecule has 0 aliphatic heterocycles. The standard InChI is InChI=1S/C24H40O4SSi2/c1-23(2,3)31(8,9)28-17-11-10-13-20-14-12-16-24(20,26)21(15-18-30(5,6)7)29-19-22(25)27-4/h14,21,26H,11-12,16-17,19H2,1-9H3/t21-,24-/m1/s1. The number of rotatable bonds is 7. The quantitative estimate of drug-likeness (QED) is 0.240. The van der Waals surface area contributed by atoms with Gasteiger partial charge in [-0.15, -0.1) is 17.3 Å². The average Bonchev–Trinajstić information content (AvgIpc) is 3.00. The van der Waals surface area contributed by atoms with Gasteiger partial charge in [-0.05, 0) is 31.0 Å². The van der Waals surface area contributed by atoms with E-state index in [1.54, 1.807) is 0 Å². The van der Waals surface area contributed by atoms with E-state index in [9.17, 15) is 9.90 Å². The van der Waals surface area contributed by atoms with Gasteiger partial charge in [-0.3, -0.25) is 4.79 Å². The van der Waals surface area contributed by atoms with E-state index in [2.05, 4.69) is 76.8 Å². The maximum absolute atomic E-state index is 11.7. The SMILES string of the molecule is COC(=O)CS[C@H](C#C[Si](C)(C)C)[C@@]1(O)CCC=C1C#CCCO[Si](C)(C)C(C)(C)C. The zero-order chi connectivity index (χ0) is 23.9. The minimum atomic E-state index is -1.78. The van der Waals surface area contributed by atoms with Gasteiger partial charge in [-0.1, -0.05) is 64.2 Å². The van der Waals surface area contributed by atoms with Gasteiger partial charge in [-0.2, -0.15) is 0 Å². The summed E-state index contributed by atoms with van der Waals surface area (Å²) < 4.78 is 11.0. The Morgan fingerprint density at radius 2 is 1.94 bits per heavy atom. The smallest absolute Gasteiger partial charge is 0.315 e. The molecule has 0 aromatic carbocycles. The van der Waals surface area contributed by atoms with Crippen molar-refractivity contribution in [3.63, 3.8) is 0 Å². The van der Waals surface area contributed by atoms with Crippen LogP contribution in [0, 0.1) is 23.3 Å². The monoisotopic (exact) mass is 480 g/mol. The first-order valence-electron chi connectivity index (χ1n) is 10.9. The van der Waals surface area contributed by atoms with Gasteiger partial charge in [0, 0.05) is 18.6 Å². The van der Waals surface area contributed by atoms with Crippen molar-refractivity contribution in [1.29, 1.82) is 0 Å². The molecule has 1 rings (SSSR count). The molecule has 0 bridgehead atoms. The molecule has 174 valence electrons. The number of allylic oxidation sites excluding steroid dienone is 1. The molecule has 0 heterocycles. The molecule has 0 aromatic heterocycles. The third-order valence-electron chi connectivity index (χ3n) is 5.67. The van der Waals surface area contributed by atoms with Crippen LogP contribution in [-0.4, -0.2) is 57.8 Å². The summed E-state index contributed by atoms with van der Waals surface area (Å²) in [4.78, 5) is 11.7. The Bertz CT molecular complexity index is 785. The van der Waals surface area contributed by atoms with Crippen LogP contribution in [0.4, 0.5) is 0 Å². The van der Waals surface area contributed by atoms with Crippen molar-refractivity contribution in [1.82, 2.24) is 0 Å². The number of esters is 1. The summed E-state index contributed by atoms with van der Waals surface area (Å²) in [7, 11) is -2.04. The molecule has 1 N–H and O–H groups in total. The number of methoxy groups -OCH3 is 1. The minimum Gasteiger partial charge on any atom is -0.468 e. The van der Waals surface area contributed by atoms with E-state index in [1.165, 1.54) is 18.9 Å². The second kappa shape index (κ2) is 11.3. The zero-order valence-corrected chi connectivity index (χ0v) is 23.6. The first-order valence-corrected chi connectivity index (χ1v) is 18.3. The largest absolute Gasteiger partial charge is 0.468 e. The summed E-state index contributed by atoms with van der Waals surface area (Å²) >= 11 is 1.34. The van der Waals surface area contributed by atoms with E-state index in [1.807, 2.05) is 6.08 Å². The molecule has 0 aromatic rings. The fraction of sp³-hybridized carbons (Fsp3) is 0.708. The van der Waals surface area contributed by atoms with Gasteiger partial charge in [0.15, 0.2) is 8.32 Å². The van der Waals surface area contributed by atoms with Gasteiger partial charge in [0.05, 0.1) is 18.1 Å². The Morgan fingerprint density at radius 1 is 1.29 bits per heavy atom. The third kappa shape index (κ3) is 8.83. The van der Waals surface area contributed by atoms with E-state index in [4.69, 9.17) is 9.16 Å². The molecule has 4 nitrogen and oxygen atoms in total. The number of thioether (sulfide) groups is 1. The second-order valence-electron chi connectivity index (χ2n) is 10.5. The first kappa shape index (κ1) is 28.1. The minimum absolute atomic E-state index is 0.158. The molecule has 0 amide bonds. The number of aliphatic hydroxyl groups is 1. The average molecular weight is 481 g/mol. The van der Waals surface area contributed by atoms with Crippen molar-refractivity contribution in [2.24, 2.45) is 0 Å². The van der Waals surface area contributed by atoms with Crippen molar-refractivity contribution in [3.05, 3.63) is 11.6 Å². The second-order valence-corrected chi connectivity index (χ2v) is 21.2. The van der Waals surface area contributed by atoms with Crippen molar-refractivity contribution in [2.45, 2.75) is 88.7 Å². The molecular weight excluding hydrogens is 440 g/mol. The Balaban J connectivity index is 2.93. The van der Waals surface area contributed by atoms with Gasteiger partial charge in [-0.25, -0.2) is 0 Å². The Hall–Kier alpha value is -0.966. The highest BCUT2D eigenvalue weighted by Gasteiger charge is 2.42. The third-order valence-corrected chi connectivity index (χ3v) is 12.3. The van der Waals surface area contributed by atoms with Gasteiger partial charge < -0.3 is 14.3 Å². The van der Waals surface area contributed by atoms with Gasteiger partial charge in [0.25, 0.3) is 0 Å². The lowest BCUT2D eigenvalue weighted by molar-refractivity contribution is -0.137. The first-order chi connectivity index (χ1) is 14.1. The highest BCUT2D eigenvalue weighted by atomic mass is 32.2. The van der Waals surface area contributed by atoms with Crippen molar-refractivity contribution in [3.8, 4) is 23.3 Å². The van der Waals surface area contributed by atoms with E-state index in [0.717, 1.165) is 6.42 Å². The number of ether oxygens (including phenoxy) is 1. The molecule has 7 heteroatoms. The lowest BCUT2D eigenvalue weighted by atomic mass is 9.92. The number of carbonyl (C=O) groups excluding carboxylic acids is 1. The van der Waals surface area contributed by atoms with Crippen LogP contribution < -0.4 is 0 Å². The fourth-order valence-corrected chi connectivity index (χ4v) is 5.51. The van der Waals surface area contributed by atoms with E-state index >= 15 is 0 Å². The fourth-order valence-electron chi connectivity index (χ4n) is 2.70. The summed E-state index contributed by atoms with van der Waals surface area (Å²) in [5.41, 5.74) is 2.93. The summed E-state index contributed by atoms with van der Waals surface area (Å²) in [5.74, 6) is 9.50. The normalized spacial score (nSPS) is 20.1. The van der Waals surface area contributed by atoms with Crippen LogP contribution in [0.25, 0.3) is 0 Å². The van der Waals surface area contributed by atoms with Gasteiger partial charge in [0.2, 0.25) is 0 Å². The molecule has 2 atom stereocenters. The van der Waals surface area contributed by atoms with Crippen LogP contribution in [0.15, 0.2) is 11.6 Å². The molecule has 31 heavy (non-hydrogen) atoms. The van der Waals surface area contributed by atoms with Crippen LogP contribution in [0.1, 0.15) is 40.0 Å². The molecule has 0 saturated carbocycles. The molecule has 0 spiro atoms. The lowest BCUT2D eigenvalue weighted by Crippen LogP contribution is -2.41. The maximum atomic E-state index is 11.7. The van der Waals surface area contributed by atoms with Crippen LogP contribution in [0.2, 0.25) is 37.8 Å². The number of carbonyl (C=O) groups is 1. The predicted octanol–water partition coefficient (Wildman–Crippen LogP) is 5.01. The van der Waals surface area contributed by atoms with Gasteiger partial charge >= 0.3 is 5.97 Å². The molecule has 0 saturated heterocycles. The van der Waals surface area contributed by atoms with Crippen molar-refractivity contribution < 1.29 is 19.1 Å². The highest BCUT2D eigenvalue weighted by molar-refractivity contribution is 8.00. The molecule has 0 fully saturated rings.